The maximum absolute atomic E-state index is 11.8. The maximum Gasteiger partial charge on any atom is 0.282 e. The molecule has 1 saturated heterocycles. The molecule has 2 N–H and O–H groups in total. The van der Waals surface area contributed by atoms with Crippen molar-refractivity contribution in [2.75, 3.05) is 18.0 Å². The van der Waals surface area contributed by atoms with Crippen molar-refractivity contribution in [1.82, 2.24) is 9.78 Å². The van der Waals surface area contributed by atoms with Gasteiger partial charge in [-0.2, -0.15) is 5.10 Å². The van der Waals surface area contributed by atoms with Gasteiger partial charge < -0.3 is 10.6 Å². The summed E-state index contributed by atoms with van der Waals surface area (Å²) >= 11 is 3.35. The van der Waals surface area contributed by atoms with Gasteiger partial charge in [-0.25, -0.2) is 4.68 Å². The normalized spacial score (nSPS) is 21.9. The predicted octanol–water partition coefficient (Wildman–Crippen LogP) is 0.716. The second-order valence-corrected chi connectivity index (χ2v) is 5.42. The number of rotatable bonds is 2. The molecule has 0 saturated carbocycles. The van der Waals surface area contributed by atoms with E-state index in [1.54, 1.807) is 13.2 Å². The molecule has 5 nitrogen and oxygen atoms in total. The van der Waals surface area contributed by atoms with E-state index in [4.69, 9.17) is 5.73 Å². The average molecular weight is 301 g/mol. The van der Waals surface area contributed by atoms with Crippen LogP contribution in [0.4, 0.5) is 5.69 Å². The zero-order valence-electron chi connectivity index (χ0n) is 10.1. The van der Waals surface area contributed by atoms with Crippen LogP contribution in [-0.4, -0.2) is 28.9 Å². The Morgan fingerprint density at radius 3 is 2.94 bits per heavy atom. The second-order valence-electron chi connectivity index (χ2n) is 4.63. The van der Waals surface area contributed by atoms with Crippen molar-refractivity contribution in [2.24, 2.45) is 18.7 Å². The Hall–Kier alpha value is -0.880. The topological polar surface area (TPSA) is 64.2 Å². The molecule has 2 unspecified atom stereocenters. The number of aromatic nitrogens is 2. The third-order valence-corrected chi connectivity index (χ3v) is 4.11. The Morgan fingerprint density at radius 2 is 2.35 bits per heavy atom. The van der Waals surface area contributed by atoms with Gasteiger partial charge in [-0.15, -0.1) is 0 Å². The molecule has 1 aliphatic heterocycles. The van der Waals surface area contributed by atoms with Crippen LogP contribution in [0.15, 0.2) is 15.5 Å². The molecule has 0 radical (unpaired) electrons. The molecule has 17 heavy (non-hydrogen) atoms. The summed E-state index contributed by atoms with van der Waals surface area (Å²) in [7, 11) is 1.64. The monoisotopic (exact) mass is 300 g/mol. The number of nitrogens with two attached hydrogens (primary N) is 1. The van der Waals surface area contributed by atoms with Crippen LogP contribution in [0, 0.1) is 5.92 Å². The Kier molecular flexibility index (Phi) is 3.53. The standard InChI is InChI=1S/C11H17BrN4O/c1-7(13)8-3-4-16(6-8)9-5-14-15(2)11(17)10(9)12/h5,7-8H,3-4,6,13H2,1-2H3. The van der Waals surface area contributed by atoms with Crippen LogP contribution in [0.2, 0.25) is 0 Å². The van der Waals surface area contributed by atoms with Gasteiger partial charge in [-0.1, -0.05) is 0 Å². The lowest BCUT2D eigenvalue weighted by Crippen LogP contribution is -2.31. The van der Waals surface area contributed by atoms with Gasteiger partial charge in [0.1, 0.15) is 4.47 Å². The van der Waals surface area contributed by atoms with E-state index in [0.717, 1.165) is 25.2 Å². The molecule has 94 valence electrons. The molecule has 2 rings (SSSR count). The minimum atomic E-state index is -0.105. The number of nitrogens with zero attached hydrogens (tertiary/aromatic N) is 3. The molecular weight excluding hydrogens is 284 g/mol. The molecule has 0 amide bonds. The fraction of sp³-hybridized carbons (Fsp3) is 0.636. The number of anilines is 1. The summed E-state index contributed by atoms with van der Waals surface area (Å²) in [6.07, 6.45) is 2.80. The fourth-order valence-corrected chi connectivity index (χ4v) is 2.77. The van der Waals surface area contributed by atoms with Crippen molar-refractivity contribution in [3.63, 3.8) is 0 Å². The van der Waals surface area contributed by atoms with Crippen molar-refractivity contribution in [1.29, 1.82) is 0 Å². The fourth-order valence-electron chi connectivity index (χ4n) is 2.16. The van der Waals surface area contributed by atoms with Gasteiger partial charge in [0.25, 0.3) is 5.56 Å². The minimum Gasteiger partial charge on any atom is -0.369 e. The van der Waals surface area contributed by atoms with Gasteiger partial charge in [0, 0.05) is 26.2 Å². The van der Waals surface area contributed by atoms with Crippen LogP contribution in [0.3, 0.4) is 0 Å². The number of hydrogen-bond acceptors (Lipinski definition) is 4. The molecule has 0 spiro atoms. The first kappa shape index (κ1) is 12.6. The lowest BCUT2D eigenvalue weighted by atomic mass is 10.0. The Balaban J connectivity index is 2.25. The average Bonchev–Trinajstić information content (AvgIpc) is 2.75. The Morgan fingerprint density at radius 1 is 1.65 bits per heavy atom. The van der Waals surface area contributed by atoms with Gasteiger partial charge in [0.15, 0.2) is 0 Å². The summed E-state index contributed by atoms with van der Waals surface area (Å²) < 4.78 is 1.91. The molecule has 2 heterocycles. The van der Waals surface area contributed by atoms with E-state index in [9.17, 15) is 4.79 Å². The van der Waals surface area contributed by atoms with Crippen molar-refractivity contribution >= 4 is 21.6 Å². The molecule has 0 aliphatic carbocycles. The first-order valence-electron chi connectivity index (χ1n) is 5.73. The van der Waals surface area contributed by atoms with E-state index in [1.807, 2.05) is 6.92 Å². The van der Waals surface area contributed by atoms with Gasteiger partial charge in [0.05, 0.1) is 11.9 Å². The van der Waals surface area contributed by atoms with Gasteiger partial charge in [0.2, 0.25) is 0 Å². The minimum absolute atomic E-state index is 0.105. The zero-order valence-corrected chi connectivity index (χ0v) is 11.6. The molecule has 1 aromatic rings. The van der Waals surface area contributed by atoms with Gasteiger partial charge >= 0.3 is 0 Å². The van der Waals surface area contributed by atoms with E-state index in [0.29, 0.717) is 10.4 Å². The van der Waals surface area contributed by atoms with E-state index < -0.39 is 0 Å². The summed E-state index contributed by atoms with van der Waals surface area (Å²) in [5, 5.41) is 4.06. The molecule has 2 atom stereocenters. The third-order valence-electron chi connectivity index (χ3n) is 3.37. The highest BCUT2D eigenvalue weighted by Crippen LogP contribution is 2.28. The van der Waals surface area contributed by atoms with E-state index in [-0.39, 0.29) is 11.6 Å². The second kappa shape index (κ2) is 4.78. The van der Waals surface area contributed by atoms with Crippen molar-refractivity contribution < 1.29 is 0 Å². The Bertz CT molecular complexity index is 471. The Labute approximate surface area is 109 Å². The SMILES string of the molecule is CC(N)C1CCN(c2cnn(C)c(=O)c2Br)C1. The van der Waals surface area contributed by atoms with E-state index >= 15 is 0 Å². The summed E-state index contributed by atoms with van der Waals surface area (Å²) in [5.74, 6) is 0.492. The highest BCUT2D eigenvalue weighted by Gasteiger charge is 2.27. The summed E-state index contributed by atoms with van der Waals surface area (Å²) in [4.78, 5) is 13.9. The number of aryl methyl sites for hydroxylation is 1. The molecular formula is C11H17BrN4O. The van der Waals surface area contributed by atoms with Crippen LogP contribution < -0.4 is 16.2 Å². The van der Waals surface area contributed by atoms with E-state index in [2.05, 4.69) is 25.9 Å². The van der Waals surface area contributed by atoms with Crippen LogP contribution in [0.5, 0.6) is 0 Å². The summed E-state index contributed by atoms with van der Waals surface area (Å²) in [6.45, 7) is 3.86. The highest BCUT2D eigenvalue weighted by molar-refractivity contribution is 9.10. The van der Waals surface area contributed by atoms with Crippen LogP contribution in [0.25, 0.3) is 0 Å². The largest absolute Gasteiger partial charge is 0.369 e. The smallest absolute Gasteiger partial charge is 0.282 e. The van der Waals surface area contributed by atoms with Crippen LogP contribution in [0.1, 0.15) is 13.3 Å². The lowest BCUT2D eigenvalue weighted by molar-refractivity contribution is 0.488. The van der Waals surface area contributed by atoms with Crippen LogP contribution >= 0.6 is 15.9 Å². The number of halogens is 1. The van der Waals surface area contributed by atoms with Crippen LogP contribution in [-0.2, 0) is 7.05 Å². The molecule has 1 aliphatic rings. The quantitative estimate of drug-likeness (QED) is 0.874. The van der Waals surface area contributed by atoms with Gasteiger partial charge in [-0.05, 0) is 35.2 Å². The van der Waals surface area contributed by atoms with Crippen molar-refractivity contribution in [2.45, 2.75) is 19.4 Å². The molecule has 1 fully saturated rings. The molecule has 1 aromatic heterocycles. The van der Waals surface area contributed by atoms with Crippen molar-refractivity contribution in [3.05, 3.63) is 21.0 Å². The van der Waals surface area contributed by atoms with Gasteiger partial charge in [-0.3, -0.25) is 4.79 Å². The lowest BCUT2D eigenvalue weighted by Gasteiger charge is -2.20. The summed E-state index contributed by atoms with van der Waals surface area (Å²) in [6, 6.07) is 0.193. The zero-order chi connectivity index (χ0) is 12.6. The number of hydrogen-bond donors (Lipinski definition) is 1. The first-order chi connectivity index (χ1) is 8.00. The molecule has 0 bridgehead atoms. The third kappa shape index (κ3) is 2.37. The predicted molar refractivity (Wildman–Crippen MR) is 71.1 cm³/mol. The summed E-state index contributed by atoms with van der Waals surface area (Å²) in [5.41, 5.74) is 6.68. The molecule has 0 aromatic carbocycles. The molecule has 6 heteroatoms. The highest BCUT2D eigenvalue weighted by atomic mass is 79.9. The maximum atomic E-state index is 11.8. The first-order valence-corrected chi connectivity index (χ1v) is 6.52. The van der Waals surface area contributed by atoms with E-state index in [1.165, 1.54) is 4.68 Å². The van der Waals surface area contributed by atoms with Crippen molar-refractivity contribution in [3.8, 4) is 0 Å².